The Kier molecular flexibility index (Phi) is 7.29. The number of rotatable bonds is 7. The van der Waals surface area contributed by atoms with E-state index in [9.17, 15) is 4.79 Å². The van der Waals surface area contributed by atoms with Gasteiger partial charge >= 0.3 is 0 Å². The van der Waals surface area contributed by atoms with E-state index in [2.05, 4.69) is 82.7 Å². The Bertz CT molecular complexity index is 1470. The fourth-order valence-corrected chi connectivity index (χ4v) is 5.85. The van der Waals surface area contributed by atoms with Gasteiger partial charge in [-0.15, -0.1) is 5.10 Å². The predicted octanol–water partition coefficient (Wildman–Crippen LogP) is 4.27. The van der Waals surface area contributed by atoms with E-state index in [0.29, 0.717) is 17.8 Å². The Hall–Kier alpha value is -4.30. The summed E-state index contributed by atoms with van der Waals surface area (Å²) >= 11 is 0. The van der Waals surface area contributed by atoms with Gasteiger partial charge in [-0.25, -0.2) is 5.10 Å². The van der Waals surface area contributed by atoms with Crippen LogP contribution in [0.5, 0.6) is 0 Å². The van der Waals surface area contributed by atoms with Crippen molar-refractivity contribution in [3.63, 3.8) is 0 Å². The third-order valence-corrected chi connectivity index (χ3v) is 8.10. The Morgan fingerprint density at radius 3 is 2.10 bits per heavy atom. The van der Waals surface area contributed by atoms with Gasteiger partial charge in [-0.3, -0.25) is 4.79 Å². The van der Waals surface area contributed by atoms with E-state index in [4.69, 9.17) is 5.73 Å². The minimum Gasteiger partial charge on any atom is -0.378 e. The van der Waals surface area contributed by atoms with Crippen molar-refractivity contribution in [2.75, 3.05) is 28.2 Å². The number of nitrogens with two attached hydrogens (primary N) is 1. The van der Waals surface area contributed by atoms with Crippen LogP contribution in [0.4, 0.5) is 0 Å². The molecule has 1 amide bonds. The van der Waals surface area contributed by atoms with Crippen molar-refractivity contribution in [1.29, 1.82) is 0 Å². The summed E-state index contributed by atoms with van der Waals surface area (Å²) < 4.78 is 0. The van der Waals surface area contributed by atoms with Gasteiger partial charge in [-0.1, -0.05) is 54.6 Å². The molecule has 5 rings (SSSR count). The molecule has 0 spiro atoms. The highest BCUT2D eigenvalue weighted by Gasteiger charge is 2.45. The number of tetrazole rings is 1. The fourth-order valence-electron chi connectivity index (χ4n) is 5.85. The summed E-state index contributed by atoms with van der Waals surface area (Å²) in [6, 6.07) is 20.6. The average Bonchev–Trinajstić information content (AvgIpc) is 3.45. The molecule has 0 radical (unpaired) electrons. The standard InChI is InChI=1S/C32H37N7O/c1-20-7-9-22(10-8-20)29(33)19-32(31-34-36-37-35-31)27-15-13-23(21(2)38(3)4)17-24(27)11-12-25-18-26(14-16-28(25)32)30(40)39(5)6/h7-10,13-18,29H,2,11-12,19,33H2,1,3-6H3,(H,34,35,36,37)/t29-,32?/m0/s1. The number of carbonyl (C=O) groups excluding carboxylic acids is 1. The maximum absolute atomic E-state index is 13.0. The topological polar surface area (TPSA) is 104 Å². The first kappa shape index (κ1) is 27.3. The summed E-state index contributed by atoms with van der Waals surface area (Å²) in [6.45, 7) is 6.36. The minimum atomic E-state index is -0.771. The third kappa shape index (κ3) is 4.79. The van der Waals surface area contributed by atoms with E-state index in [1.165, 1.54) is 11.1 Å². The normalized spacial score (nSPS) is 16.9. The van der Waals surface area contributed by atoms with Gasteiger partial charge < -0.3 is 15.5 Å². The van der Waals surface area contributed by atoms with E-state index in [0.717, 1.165) is 46.4 Å². The molecule has 1 unspecified atom stereocenters. The van der Waals surface area contributed by atoms with Crippen LogP contribution in [0.15, 0.2) is 67.2 Å². The lowest BCUT2D eigenvalue weighted by Gasteiger charge is -2.36. The lowest BCUT2D eigenvalue weighted by Crippen LogP contribution is -2.36. The summed E-state index contributed by atoms with van der Waals surface area (Å²) in [4.78, 5) is 16.6. The van der Waals surface area contributed by atoms with E-state index < -0.39 is 5.41 Å². The molecule has 1 heterocycles. The smallest absolute Gasteiger partial charge is 0.253 e. The molecular weight excluding hydrogens is 498 g/mol. The van der Waals surface area contributed by atoms with Crippen molar-refractivity contribution < 1.29 is 4.79 Å². The van der Waals surface area contributed by atoms with Crippen molar-refractivity contribution in [2.24, 2.45) is 5.73 Å². The Balaban J connectivity index is 1.77. The number of aryl methyl sites for hydroxylation is 3. The molecule has 4 aromatic rings. The van der Waals surface area contributed by atoms with Crippen LogP contribution in [0.1, 0.15) is 67.6 Å². The van der Waals surface area contributed by atoms with Gasteiger partial charge in [0.2, 0.25) is 0 Å². The second kappa shape index (κ2) is 10.7. The van der Waals surface area contributed by atoms with E-state index in [1.807, 2.05) is 31.1 Å². The fraction of sp³-hybridized carbons (Fsp3) is 0.312. The zero-order chi connectivity index (χ0) is 28.6. The van der Waals surface area contributed by atoms with Crippen LogP contribution in [0.3, 0.4) is 0 Å². The number of aromatic amines is 1. The van der Waals surface area contributed by atoms with Gasteiger partial charge in [0, 0.05) is 45.5 Å². The summed E-state index contributed by atoms with van der Waals surface area (Å²) in [6.07, 6.45) is 2.08. The van der Waals surface area contributed by atoms with E-state index in [1.54, 1.807) is 19.0 Å². The van der Waals surface area contributed by atoms with Crippen molar-refractivity contribution in [3.05, 3.63) is 118 Å². The number of nitrogens with one attached hydrogen (secondary N) is 1. The quantitative estimate of drug-likeness (QED) is 0.366. The number of amides is 1. The highest BCUT2D eigenvalue weighted by molar-refractivity contribution is 5.94. The maximum Gasteiger partial charge on any atom is 0.253 e. The van der Waals surface area contributed by atoms with Gasteiger partial charge in [0.15, 0.2) is 5.82 Å². The van der Waals surface area contributed by atoms with Crippen LogP contribution in [0, 0.1) is 6.92 Å². The minimum absolute atomic E-state index is 0.0302. The van der Waals surface area contributed by atoms with Crippen LogP contribution in [0.25, 0.3) is 5.70 Å². The predicted molar refractivity (Wildman–Crippen MR) is 158 cm³/mol. The summed E-state index contributed by atoms with van der Waals surface area (Å²) in [7, 11) is 7.54. The number of fused-ring (bicyclic) bond motifs is 2. The molecule has 40 heavy (non-hydrogen) atoms. The molecule has 8 heteroatoms. The van der Waals surface area contributed by atoms with Crippen molar-refractivity contribution >= 4 is 11.6 Å². The molecule has 3 N–H and O–H groups in total. The Morgan fingerprint density at radius 1 is 0.950 bits per heavy atom. The molecule has 0 fully saturated rings. The molecule has 3 aromatic carbocycles. The first-order valence-electron chi connectivity index (χ1n) is 13.5. The first-order valence-corrected chi connectivity index (χ1v) is 13.5. The van der Waals surface area contributed by atoms with Gasteiger partial charge in [0.1, 0.15) is 0 Å². The number of hydrogen-bond acceptors (Lipinski definition) is 6. The molecule has 206 valence electrons. The SMILES string of the molecule is C=C(c1ccc2c(c1)CCc1cc(C(=O)N(C)C)ccc1C2(C[C@H](N)c1ccc(C)cc1)c1nnn[nH]1)N(C)C. The van der Waals surface area contributed by atoms with Gasteiger partial charge in [0.25, 0.3) is 5.91 Å². The number of aromatic nitrogens is 4. The summed E-state index contributed by atoms with van der Waals surface area (Å²) in [5.41, 5.74) is 15.5. The molecular formula is C32H37N7O. The monoisotopic (exact) mass is 535 g/mol. The zero-order valence-electron chi connectivity index (χ0n) is 23.9. The van der Waals surface area contributed by atoms with E-state index in [-0.39, 0.29) is 11.9 Å². The zero-order valence-corrected chi connectivity index (χ0v) is 23.9. The van der Waals surface area contributed by atoms with Crippen LogP contribution >= 0.6 is 0 Å². The third-order valence-electron chi connectivity index (χ3n) is 8.10. The maximum atomic E-state index is 13.0. The average molecular weight is 536 g/mol. The molecule has 1 aromatic heterocycles. The lowest BCUT2D eigenvalue weighted by atomic mass is 9.67. The Morgan fingerprint density at radius 2 is 1.55 bits per heavy atom. The number of H-pyrrole nitrogens is 1. The number of hydrogen-bond donors (Lipinski definition) is 2. The molecule has 0 aliphatic heterocycles. The molecule has 8 nitrogen and oxygen atoms in total. The van der Waals surface area contributed by atoms with Crippen LogP contribution in [-0.4, -0.2) is 64.5 Å². The number of nitrogens with zero attached hydrogens (tertiary/aromatic N) is 5. The Labute approximate surface area is 235 Å². The van der Waals surface area contributed by atoms with Crippen molar-refractivity contribution in [3.8, 4) is 0 Å². The molecule has 0 bridgehead atoms. The number of carbonyl (C=O) groups is 1. The molecule has 0 saturated carbocycles. The van der Waals surface area contributed by atoms with Crippen molar-refractivity contribution in [2.45, 2.75) is 37.6 Å². The van der Waals surface area contributed by atoms with Crippen LogP contribution in [0.2, 0.25) is 0 Å². The van der Waals surface area contributed by atoms with Gasteiger partial charge in [-0.2, -0.15) is 0 Å². The second-order valence-corrected chi connectivity index (χ2v) is 11.2. The molecule has 0 saturated heterocycles. The highest BCUT2D eigenvalue weighted by Crippen LogP contribution is 2.48. The first-order chi connectivity index (χ1) is 19.1. The van der Waals surface area contributed by atoms with Gasteiger partial charge in [-0.05, 0) is 88.2 Å². The van der Waals surface area contributed by atoms with Crippen molar-refractivity contribution in [1.82, 2.24) is 30.4 Å². The molecule has 2 atom stereocenters. The molecule has 1 aliphatic rings. The number of benzene rings is 3. The second-order valence-electron chi connectivity index (χ2n) is 11.2. The summed E-state index contributed by atoms with van der Waals surface area (Å²) in [5.74, 6) is 0.600. The highest BCUT2D eigenvalue weighted by atomic mass is 16.2. The van der Waals surface area contributed by atoms with Crippen LogP contribution < -0.4 is 5.73 Å². The largest absolute Gasteiger partial charge is 0.378 e. The van der Waals surface area contributed by atoms with Gasteiger partial charge in [0.05, 0.1) is 5.41 Å². The lowest BCUT2D eigenvalue weighted by molar-refractivity contribution is 0.0827. The molecule has 1 aliphatic carbocycles. The van der Waals surface area contributed by atoms with Crippen LogP contribution in [-0.2, 0) is 18.3 Å². The summed E-state index contributed by atoms with van der Waals surface area (Å²) in [5, 5.41) is 15.6. The van der Waals surface area contributed by atoms with E-state index >= 15 is 0 Å².